The predicted molar refractivity (Wildman–Crippen MR) is 73.6 cm³/mol. The molecular formula is C14H25NO5. The molecule has 0 aromatic rings. The average Bonchev–Trinajstić information content (AvgIpc) is 3.09. The molecule has 1 fully saturated rings. The summed E-state index contributed by atoms with van der Waals surface area (Å²) in [6.45, 7) is 5.73. The number of likely N-dealkylation sites (N-methyl/N-ethyl adjacent to an activating group) is 1. The van der Waals surface area contributed by atoms with Crippen molar-refractivity contribution in [3.63, 3.8) is 0 Å². The van der Waals surface area contributed by atoms with Gasteiger partial charge in [0.05, 0.1) is 6.61 Å². The molecule has 0 bridgehead atoms. The third-order valence-corrected chi connectivity index (χ3v) is 3.08. The van der Waals surface area contributed by atoms with Crippen molar-refractivity contribution in [3.8, 4) is 0 Å². The van der Waals surface area contributed by atoms with Gasteiger partial charge in [0.1, 0.15) is 5.60 Å². The van der Waals surface area contributed by atoms with Gasteiger partial charge in [-0.3, -0.25) is 4.90 Å². The van der Waals surface area contributed by atoms with Crippen LogP contribution in [0.5, 0.6) is 0 Å². The van der Waals surface area contributed by atoms with Crippen molar-refractivity contribution in [1.29, 1.82) is 0 Å². The van der Waals surface area contributed by atoms with E-state index >= 15 is 0 Å². The van der Waals surface area contributed by atoms with Gasteiger partial charge in [-0.1, -0.05) is 12.8 Å². The van der Waals surface area contributed by atoms with Crippen molar-refractivity contribution in [3.05, 3.63) is 0 Å². The first-order valence-corrected chi connectivity index (χ1v) is 6.97. The van der Waals surface area contributed by atoms with Crippen LogP contribution in [0.3, 0.4) is 0 Å². The Kier molecular flexibility index (Phi) is 5.80. The molecule has 0 radical (unpaired) electrons. The lowest BCUT2D eigenvalue weighted by molar-refractivity contribution is -0.145. The highest BCUT2D eigenvalue weighted by Crippen LogP contribution is 2.32. The van der Waals surface area contributed by atoms with Gasteiger partial charge in [0.15, 0.2) is 6.04 Å². The van der Waals surface area contributed by atoms with E-state index in [1.54, 1.807) is 20.8 Å². The van der Waals surface area contributed by atoms with E-state index in [2.05, 4.69) is 0 Å². The lowest BCUT2D eigenvalue weighted by atomic mass is 10.2. The van der Waals surface area contributed by atoms with Gasteiger partial charge in [-0.25, -0.2) is 9.59 Å². The number of hydrogen-bond donors (Lipinski definition) is 1. The van der Waals surface area contributed by atoms with E-state index in [4.69, 9.17) is 9.47 Å². The average molecular weight is 287 g/mol. The smallest absolute Gasteiger partial charge is 0.410 e. The molecule has 1 rings (SSSR count). The van der Waals surface area contributed by atoms with Gasteiger partial charge in [-0.2, -0.15) is 0 Å². The summed E-state index contributed by atoms with van der Waals surface area (Å²) in [7, 11) is 1.41. The zero-order chi connectivity index (χ0) is 15.3. The second-order valence-corrected chi connectivity index (χ2v) is 6.25. The zero-order valence-corrected chi connectivity index (χ0v) is 12.7. The molecular weight excluding hydrogens is 262 g/mol. The fraction of sp³-hybridized carbons (Fsp3) is 0.857. The first-order chi connectivity index (χ1) is 9.20. The van der Waals surface area contributed by atoms with Crippen molar-refractivity contribution < 1.29 is 24.2 Å². The molecule has 0 aromatic heterocycles. The number of carbonyl (C=O) groups is 2. The number of amides is 1. The molecule has 0 aliphatic heterocycles. The molecule has 1 atom stereocenters. The fourth-order valence-corrected chi connectivity index (χ4v) is 1.66. The van der Waals surface area contributed by atoms with Crippen LogP contribution < -0.4 is 0 Å². The van der Waals surface area contributed by atoms with E-state index in [-0.39, 0.29) is 6.61 Å². The molecule has 1 aliphatic rings. The van der Waals surface area contributed by atoms with Crippen LogP contribution in [0, 0.1) is 5.92 Å². The molecule has 1 unspecified atom stereocenters. The second-order valence-electron chi connectivity index (χ2n) is 6.25. The van der Waals surface area contributed by atoms with Crippen LogP contribution in [0.15, 0.2) is 0 Å². The predicted octanol–water partition coefficient (Wildman–Crippen LogP) is 2.12. The van der Waals surface area contributed by atoms with Gasteiger partial charge >= 0.3 is 12.1 Å². The molecule has 1 aliphatic carbocycles. The molecule has 0 aromatic carbocycles. The Morgan fingerprint density at radius 1 is 1.35 bits per heavy atom. The summed E-state index contributed by atoms with van der Waals surface area (Å²) in [5, 5.41) is 9.18. The molecule has 0 heterocycles. The number of nitrogens with zero attached hydrogens (tertiary/aromatic N) is 1. The Labute approximate surface area is 120 Å². The molecule has 0 saturated heterocycles. The van der Waals surface area contributed by atoms with Gasteiger partial charge in [-0.05, 0) is 33.1 Å². The van der Waals surface area contributed by atoms with Crippen LogP contribution in [-0.4, -0.2) is 54.0 Å². The van der Waals surface area contributed by atoms with Gasteiger partial charge < -0.3 is 14.6 Å². The summed E-state index contributed by atoms with van der Waals surface area (Å²) in [6, 6.07) is -1.02. The fourth-order valence-electron chi connectivity index (χ4n) is 1.66. The Morgan fingerprint density at radius 3 is 2.40 bits per heavy atom. The maximum atomic E-state index is 11.8. The van der Waals surface area contributed by atoms with Crippen LogP contribution >= 0.6 is 0 Å². The van der Waals surface area contributed by atoms with Crippen LogP contribution in [0.25, 0.3) is 0 Å². The van der Waals surface area contributed by atoms with Crippen LogP contribution in [0.2, 0.25) is 0 Å². The first-order valence-electron chi connectivity index (χ1n) is 6.97. The highest BCUT2D eigenvalue weighted by molar-refractivity contribution is 5.80. The molecule has 20 heavy (non-hydrogen) atoms. The van der Waals surface area contributed by atoms with Gasteiger partial charge in [0, 0.05) is 13.7 Å². The summed E-state index contributed by atoms with van der Waals surface area (Å²) >= 11 is 0. The van der Waals surface area contributed by atoms with Crippen LogP contribution in [0.4, 0.5) is 4.79 Å². The SMILES string of the molecule is CN(C(=O)OC(C)(C)C)C(COCCC1CC1)C(=O)O. The summed E-state index contributed by atoms with van der Waals surface area (Å²) < 4.78 is 10.5. The van der Waals surface area contributed by atoms with Crippen molar-refractivity contribution in [2.24, 2.45) is 5.92 Å². The lowest BCUT2D eigenvalue weighted by Crippen LogP contribution is -2.47. The van der Waals surface area contributed by atoms with Crippen molar-refractivity contribution in [2.45, 2.75) is 51.7 Å². The second kappa shape index (κ2) is 6.92. The van der Waals surface area contributed by atoms with E-state index in [0.29, 0.717) is 6.61 Å². The molecule has 0 spiro atoms. The molecule has 6 nitrogen and oxygen atoms in total. The molecule has 1 saturated carbocycles. The van der Waals surface area contributed by atoms with Crippen molar-refractivity contribution in [1.82, 2.24) is 4.90 Å². The maximum absolute atomic E-state index is 11.8. The van der Waals surface area contributed by atoms with E-state index in [1.807, 2.05) is 0 Å². The van der Waals surface area contributed by atoms with E-state index < -0.39 is 23.7 Å². The van der Waals surface area contributed by atoms with E-state index in [0.717, 1.165) is 17.2 Å². The number of aliphatic carboxylic acids is 1. The van der Waals surface area contributed by atoms with Gasteiger partial charge in [0.25, 0.3) is 0 Å². The Balaban J connectivity index is 2.41. The van der Waals surface area contributed by atoms with Crippen LogP contribution in [-0.2, 0) is 14.3 Å². The Morgan fingerprint density at radius 2 is 1.95 bits per heavy atom. The summed E-state index contributed by atoms with van der Waals surface area (Å²) in [6.07, 6.45) is 2.78. The first kappa shape index (κ1) is 16.8. The zero-order valence-electron chi connectivity index (χ0n) is 12.7. The van der Waals surface area contributed by atoms with E-state index in [9.17, 15) is 14.7 Å². The minimum Gasteiger partial charge on any atom is -0.480 e. The molecule has 6 heteroatoms. The molecule has 116 valence electrons. The summed E-state index contributed by atoms with van der Waals surface area (Å²) in [4.78, 5) is 24.1. The minimum atomic E-state index is -1.09. The summed E-state index contributed by atoms with van der Waals surface area (Å²) in [5.41, 5.74) is -0.652. The quantitative estimate of drug-likeness (QED) is 0.726. The Hall–Kier alpha value is -1.30. The van der Waals surface area contributed by atoms with Gasteiger partial charge in [-0.15, -0.1) is 0 Å². The lowest BCUT2D eigenvalue weighted by Gasteiger charge is -2.28. The van der Waals surface area contributed by atoms with Crippen molar-refractivity contribution in [2.75, 3.05) is 20.3 Å². The van der Waals surface area contributed by atoms with Crippen LogP contribution in [0.1, 0.15) is 40.0 Å². The number of carbonyl (C=O) groups excluding carboxylic acids is 1. The highest BCUT2D eigenvalue weighted by atomic mass is 16.6. The number of carboxylic acid groups (broad SMARTS) is 1. The Bertz CT molecular complexity index is 346. The third kappa shape index (κ3) is 6.23. The van der Waals surface area contributed by atoms with Crippen molar-refractivity contribution >= 4 is 12.1 Å². The largest absolute Gasteiger partial charge is 0.480 e. The number of ether oxygens (including phenoxy) is 2. The van der Waals surface area contributed by atoms with E-state index in [1.165, 1.54) is 19.9 Å². The topological polar surface area (TPSA) is 76.1 Å². The minimum absolute atomic E-state index is 0.0161. The third-order valence-electron chi connectivity index (χ3n) is 3.08. The number of hydrogen-bond acceptors (Lipinski definition) is 4. The highest BCUT2D eigenvalue weighted by Gasteiger charge is 2.30. The molecule has 1 N–H and O–H groups in total. The monoisotopic (exact) mass is 287 g/mol. The number of carboxylic acids is 1. The normalized spacial score (nSPS) is 16.6. The summed E-state index contributed by atoms with van der Waals surface area (Å²) in [5.74, 6) is -0.355. The standard InChI is InChI=1S/C14H25NO5/c1-14(2,3)20-13(18)15(4)11(12(16)17)9-19-8-7-10-5-6-10/h10-11H,5-9H2,1-4H3,(H,16,17). The number of rotatable bonds is 7. The maximum Gasteiger partial charge on any atom is 0.410 e. The van der Waals surface area contributed by atoms with Gasteiger partial charge in [0.2, 0.25) is 0 Å². The molecule has 1 amide bonds.